The van der Waals surface area contributed by atoms with E-state index < -0.39 is 0 Å². The summed E-state index contributed by atoms with van der Waals surface area (Å²) in [4.78, 5) is 11.7. The van der Waals surface area contributed by atoms with Gasteiger partial charge in [0.1, 0.15) is 10.0 Å². The molecule has 4 nitrogen and oxygen atoms in total. The summed E-state index contributed by atoms with van der Waals surface area (Å²) >= 11 is 3.40. The summed E-state index contributed by atoms with van der Waals surface area (Å²) in [7, 11) is 0. The number of fused-ring (bicyclic) bond motifs is 1. The van der Waals surface area contributed by atoms with Gasteiger partial charge in [0.2, 0.25) is 0 Å². The standard InChI is InChI=1S/C14H24N4S2/c1-13(2,5-7-15)11-17-9-10(19-11)18-12(20-9)14(3,4)6-8-16/h5-8,15-16H2,1-4H3. The summed E-state index contributed by atoms with van der Waals surface area (Å²) in [6, 6.07) is 0. The average Bonchev–Trinajstić information content (AvgIpc) is 2.86. The van der Waals surface area contributed by atoms with Gasteiger partial charge in [-0.1, -0.05) is 50.4 Å². The Morgan fingerprint density at radius 3 is 1.45 bits per heavy atom. The molecule has 0 atom stereocenters. The van der Waals surface area contributed by atoms with Gasteiger partial charge in [0.25, 0.3) is 0 Å². The summed E-state index contributed by atoms with van der Waals surface area (Å²) in [6.07, 6.45) is 1.89. The molecule has 2 aromatic rings. The second-order valence-electron chi connectivity index (χ2n) is 6.49. The zero-order chi connectivity index (χ0) is 15.0. The molecule has 0 bridgehead atoms. The monoisotopic (exact) mass is 312 g/mol. The number of hydrogen-bond donors (Lipinski definition) is 2. The van der Waals surface area contributed by atoms with E-state index in [2.05, 4.69) is 27.7 Å². The Morgan fingerprint density at radius 2 is 1.15 bits per heavy atom. The highest BCUT2D eigenvalue weighted by molar-refractivity contribution is 7.26. The van der Waals surface area contributed by atoms with Crippen LogP contribution in [0.5, 0.6) is 0 Å². The maximum atomic E-state index is 5.69. The van der Waals surface area contributed by atoms with Gasteiger partial charge in [0, 0.05) is 10.8 Å². The van der Waals surface area contributed by atoms with Crippen molar-refractivity contribution >= 4 is 32.3 Å². The summed E-state index contributed by atoms with van der Waals surface area (Å²) in [5.74, 6) is 0. The molecule has 0 saturated carbocycles. The third kappa shape index (κ3) is 3.03. The van der Waals surface area contributed by atoms with Crippen molar-refractivity contribution in [3.05, 3.63) is 10.0 Å². The summed E-state index contributed by atoms with van der Waals surface area (Å²) in [5.41, 5.74) is 11.4. The molecule has 0 unspecified atom stereocenters. The fraction of sp³-hybridized carbons (Fsp3) is 0.714. The van der Waals surface area contributed by atoms with Crippen LogP contribution >= 0.6 is 22.7 Å². The summed E-state index contributed by atoms with van der Waals surface area (Å²) < 4.78 is 0. The molecule has 0 aliphatic heterocycles. The fourth-order valence-electron chi connectivity index (χ4n) is 2.16. The smallest absolute Gasteiger partial charge is 0.155 e. The molecule has 2 heterocycles. The second-order valence-corrected chi connectivity index (χ2v) is 8.45. The van der Waals surface area contributed by atoms with Crippen LogP contribution in [-0.2, 0) is 10.8 Å². The molecule has 112 valence electrons. The van der Waals surface area contributed by atoms with E-state index in [4.69, 9.17) is 21.4 Å². The highest BCUT2D eigenvalue weighted by Gasteiger charge is 2.28. The van der Waals surface area contributed by atoms with E-state index in [0.717, 1.165) is 32.5 Å². The predicted octanol–water partition coefficient (Wildman–Crippen LogP) is 3.01. The lowest BCUT2D eigenvalue weighted by molar-refractivity contribution is 0.485. The Labute approximate surface area is 128 Å². The predicted molar refractivity (Wildman–Crippen MR) is 88.7 cm³/mol. The zero-order valence-electron chi connectivity index (χ0n) is 12.7. The lowest BCUT2D eigenvalue weighted by Gasteiger charge is -2.21. The largest absolute Gasteiger partial charge is 0.330 e. The first-order chi connectivity index (χ1) is 9.30. The van der Waals surface area contributed by atoms with Gasteiger partial charge in [-0.05, 0) is 25.9 Å². The minimum atomic E-state index is 0.0345. The molecule has 6 heteroatoms. The van der Waals surface area contributed by atoms with Crippen LogP contribution in [0.3, 0.4) is 0 Å². The van der Waals surface area contributed by atoms with Crippen LogP contribution < -0.4 is 11.5 Å². The molecule has 0 radical (unpaired) electrons. The SMILES string of the molecule is CC(C)(CCN)c1nc2sc(C(C)(C)CCN)nc2s1. The molecule has 0 aliphatic carbocycles. The molecule has 0 saturated heterocycles. The topological polar surface area (TPSA) is 77.8 Å². The van der Waals surface area contributed by atoms with Crippen LogP contribution in [0.25, 0.3) is 9.66 Å². The molecule has 20 heavy (non-hydrogen) atoms. The maximum absolute atomic E-state index is 5.69. The lowest BCUT2D eigenvalue weighted by atomic mass is 9.90. The van der Waals surface area contributed by atoms with E-state index in [1.165, 1.54) is 0 Å². The Kier molecular flexibility index (Phi) is 4.49. The van der Waals surface area contributed by atoms with Gasteiger partial charge in [0.15, 0.2) is 9.66 Å². The summed E-state index contributed by atoms with van der Waals surface area (Å²) in [6.45, 7) is 10.1. The van der Waals surface area contributed by atoms with E-state index in [9.17, 15) is 0 Å². The van der Waals surface area contributed by atoms with E-state index in [-0.39, 0.29) is 10.8 Å². The minimum Gasteiger partial charge on any atom is -0.330 e. The van der Waals surface area contributed by atoms with Crippen molar-refractivity contribution in [2.24, 2.45) is 11.5 Å². The van der Waals surface area contributed by atoms with Crippen molar-refractivity contribution < 1.29 is 0 Å². The van der Waals surface area contributed by atoms with Crippen LogP contribution in [0.2, 0.25) is 0 Å². The van der Waals surface area contributed by atoms with Crippen LogP contribution in [0.4, 0.5) is 0 Å². The maximum Gasteiger partial charge on any atom is 0.155 e. The Balaban J connectivity index is 2.33. The Bertz CT molecular complexity index is 504. The highest BCUT2D eigenvalue weighted by Crippen LogP contribution is 2.39. The first-order valence-electron chi connectivity index (χ1n) is 6.98. The van der Waals surface area contributed by atoms with Crippen LogP contribution in [0.1, 0.15) is 50.6 Å². The van der Waals surface area contributed by atoms with Gasteiger partial charge in [-0.25, -0.2) is 9.97 Å². The number of nitrogens with zero attached hydrogens (tertiary/aromatic N) is 2. The molecule has 0 aromatic carbocycles. The van der Waals surface area contributed by atoms with Gasteiger partial charge in [-0.3, -0.25) is 0 Å². The van der Waals surface area contributed by atoms with Crippen molar-refractivity contribution in [3.8, 4) is 0 Å². The third-order valence-corrected chi connectivity index (χ3v) is 6.43. The van der Waals surface area contributed by atoms with Crippen LogP contribution in [0.15, 0.2) is 0 Å². The average molecular weight is 313 g/mol. The van der Waals surface area contributed by atoms with Crippen molar-refractivity contribution in [1.82, 2.24) is 9.97 Å². The first kappa shape index (κ1) is 15.8. The third-order valence-electron chi connectivity index (χ3n) is 3.67. The molecule has 2 rings (SSSR count). The molecule has 0 fully saturated rings. The molecular formula is C14H24N4S2. The number of hydrogen-bond acceptors (Lipinski definition) is 6. The summed E-state index contributed by atoms with van der Waals surface area (Å²) in [5, 5.41) is 2.28. The van der Waals surface area contributed by atoms with E-state index in [1.807, 2.05) is 0 Å². The number of nitrogens with two attached hydrogens (primary N) is 2. The zero-order valence-corrected chi connectivity index (χ0v) is 14.3. The van der Waals surface area contributed by atoms with Gasteiger partial charge in [0.05, 0.1) is 0 Å². The van der Waals surface area contributed by atoms with E-state index in [1.54, 1.807) is 22.7 Å². The molecular weight excluding hydrogens is 288 g/mol. The van der Waals surface area contributed by atoms with Crippen molar-refractivity contribution in [2.45, 2.75) is 51.4 Å². The number of thiazole rings is 2. The molecule has 0 amide bonds. The van der Waals surface area contributed by atoms with Gasteiger partial charge in [-0.2, -0.15) is 0 Å². The van der Waals surface area contributed by atoms with Crippen LogP contribution in [-0.4, -0.2) is 23.1 Å². The Hall–Kier alpha value is -0.560. The number of rotatable bonds is 6. The normalized spacial score (nSPS) is 13.3. The van der Waals surface area contributed by atoms with E-state index in [0.29, 0.717) is 13.1 Å². The second kappa shape index (κ2) is 5.67. The quantitative estimate of drug-likeness (QED) is 0.859. The van der Waals surface area contributed by atoms with Crippen molar-refractivity contribution in [3.63, 3.8) is 0 Å². The van der Waals surface area contributed by atoms with Crippen LogP contribution in [0, 0.1) is 0 Å². The first-order valence-corrected chi connectivity index (χ1v) is 8.62. The molecule has 0 spiro atoms. The van der Waals surface area contributed by atoms with Crippen molar-refractivity contribution in [1.29, 1.82) is 0 Å². The minimum absolute atomic E-state index is 0.0345. The molecule has 0 aliphatic rings. The van der Waals surface area contributed by atoms with Gasteiger partial charge >= 0.3 is 0 Å². The lowest BCUT2D eigenvalue weighted by Crippen LogP contribution is -2.21. The van der Waals surface area contributed by atoms with E-state index >= 15 is 0 Å². The number of aromatic nitrogens is 2. The van der Waals surface area contributed by atoms with Gasteiger partial charge in [-0.15, -0.1) is 0 Å². The molecule has 4 N–H and O–H groups in total. The van der Waals surface area contributed by atoms with Gasteiger partial charge < -0.3 is 11.5 Å². The Morgan fingerprint density at radius 1 is 0.800 bits per heavy atom. The van der Waals surface area contributed by atoms with Crippen molar-refractivity contribution in [2.75, 3.05) is 13.1 Å². The highest BCUT2D eigenvalue weighted by atomic mass is 32.1. The molecule has 2 aromatic heterocycles. The fourth-order valence-corrected chi connectivity index (χ4v) is 4.46.